The smallest absolute Gasteiger partial charge is 0.200 e. The van der Waals surface area contributed by atoms with E-state index in [0.717, 1.165) is 30.3 Å². The topological polar surface area (TPSA) is 42.7 Å². The van der Waals surface area contributed by atoms with Gasteiger partial charge in [-0.3, -0.25) is 4.90 Å². The van der Waals surface area contributed by atoms with E-state index >= 15 is 0 Å². The summed E-state index contributed by atoms with van der Waals surface area (Å²) in [6.07, 6.45) is 2.35. The molecule has 1 atom stereocenters. The lowest BCUT2D eigenvalue weighted by Crippen LogP contribution is -2.31. The largest absolute Gasteiger partial charge is 0.482 e. The molecule has 1 aliphatic heterocycles. The minimum atomic E-state index is 0.339. The van der Waals surface area contributed by atoms with Gasteiger partial charge in [0.15, 0.2) is 11.5 Å². The van der Waals surface area contributed by atoms with Gasteiger partial charge >= 0.3 is 0 Å². The fourth-order valence-corrected chi connectivity index (χ4v) is 2.99. The Hall–Kier alpha value is -1.62. The maximum Gasteiger partial charge on any atom is 0.200 e. The van der Waals surface area contributed by atoms with Crippen LogP contribution in [0.25, 0.3) is 5.65 Å². The average Bonchev–Trinajstić information content (AvgIpc) is 3.03. The molecular formula is C14H20N4O. The molecular weight excluding hydrogens is 240 g/mol. The van der Waals surface area contributed by atoms with E-state index in [4.69, 9.17) is 4.74 Å². The Labute approximate surface area is 113 Å². The Morgan fingerprint density at radius 2 is 2.16 bits per heavy atom. The van der Waals surface area contributed by atoms with E-state index in [1.54, 1.807) is 7.11 Å². The molecule has 0 aromatic carbocycles. The van der Waals surface area contributed by atoms with Crippen LogP contribution < -0.4 is 4.74 Å². The van der Waals surface area contributed by atoms with E-state index < -0.39 is 0 Å². The van der Waals surface area contributed by atoms with Gasteiger partial charge in [-0.25, -0.2) is 4.40 Å². The van der Waals surface area contributed by atoms with Gasteiger partial charge in [0.25, 0.3) is 0 Å². The van der Waals surface area contributed by atoms with Gasteiger partial charge in [-0.1, -0.05) is 6.07 Å². The second kappa shape index (κ2) is 4.81. The lowest BCUT2D eigenvalue weighted by atomic mass is 10.2. The molecule has 0 radical (unpaired) electrons. The van der Waals surface area contributed by atoms with Crippen LogP contribution in [-0.2, 0) is 0 Å². The molecule has 1 unspecified atom stereocenters. The summed E-state index contributed by atoms with van der Waals surface area (Å²) in [6.45, 7) is 5.60. The van der Waals surface area contributed by atoms with Crippen LogP contribution in [0.15, 0.2) is 18.2 Å². The normalized spacial score (nSPS) is 20.5. The fourth-order valence-electron chi connectivity index (χ4n) is 2.99. The highest BCUT2D eigenvalue weighted by molar-refractivity contribution is 5.42. The van der Waals surface area contributed by atoms with Crippen molar-refractivity contribution in [3.8, 4) is 5.88 Å². The molecule has 5 nitrogen and oxygen atoms in total. The predicted octanol–water partition coefficient (Wildman–Crippen LogP) is 2.28. The van der Waals surface area contributed by atoms with Crippen molar-refractivity contribution in [2.75, 3.05) is 13.7 Å². The van der Waals surface area contributed by atoms with Gasteiger partial charge in [0.1, 0.15) is 0 Å². The highest BCUT2D eigenvalue weighted by atomic mass is 16.5. The molecule has 102 valence electrons. The van der Waals surface area contributed by atoms with E-state index in [1.807, 2.05) is 22.6 Å². The number of hydrogen-bond acceptors (Lipinski definition) is 4. The molecule has 5 heteroatoms. The summed E-state index contributed by atoms with van der Waals surface area (Å²) in [5.41, 5.74) is 0.852. The number of aromatic nitrogens is 3. The minimum absolute atomic E-state index is 0.339. The molecule has 19 heavy (non-hydrogen) atoms. The van der Waals surface area contributed by atoms with Crippen LogP contribution in [0.4, 0.5) is 0 Å². The highest BCUT2D eigenvalue weighted by Crippen LogP contribution is 2.33. The number of hydrogen-bond donors (Lipinski definition) is 0. The molecule has 3 heterocycles. The van der Waals surface area contributed by atoms with Crippen LogP contribution in [0.3, 0.4) is 0 Å². The van der Waals surface area contributed by atoms with Crippen LogP contribution in [0.2, 0.25) is 0 Å². The molecule has 0 amide bonds. The number of nitrogens with zero attached hydrogens (tertiary/aromatic N) is 4. The van der Waals surface area contributed by atoms with Crippen molar-refractivity contribution >= 4 is 5.65 Å². The molecule has 0 saturated carbocycles. The third kappa shape index (κ3) is 1.98. The third-order valence-corrected chi connectivity index (χ3v) is 3.88. The lowest BCUT2D eigenvalue weighted by Gasteiger charge is -2.27. The predicted molar refractivity (Wildman–Crippen MR) is 73.4 cm³/mol. The van der Waals surface area contributed by atoms with Gasteiger partial charge in [0.2, 0.25) is 5.88 Å². The number of methoxy groups -OCH3 is 1. The Balaban J connectivity index is 2.10. The Morgan fingerprint density at radius 3 is 2.89 bits per heavy atom. The van der Waals surface area contributed by atoms with E-state index in [-0.39, 0.29) is 0 Å². The molecule has 1 fully saturated rings. The molecule has 0 bridgehead atoms. The first-order chi connectivity index (χ1) is 9.22. The number of fused-ring (bicyclic) bond motifs is 1. The van der Waals surface area contributed by atoms with Crippen molar-refractivity contribution < 1.29 is 4.74 Å². The van der Waals surface area contributed by atoms with Crippen LogP contribution in [0.1, 0.15) is 38.6 Å². The second-order valence-electron chi connectivity index (χ2n) is 5.31. The zero-order chi connectivity index (χ0) is 13.4. The van der Waals surface area contributed by atoms with Crippen LogP contribution in [0, 0.1) is 0 Å². The van der Waals surface area contributed by atoms with Crippen LogP contribution in [0.5, 0.6) is 5.88 Å². The Bertz CT molecular complexity index is 578. The summed E-state index contributed by atoms with van der Waals surface area (Å²) in [4.78, 5) is 2.49. The molecule has 0 N–H and O–H groups in total. The van der Waals surface area contributed by atoms with Gasteiger partial charge in [0.05, 0.1) is 13.2 Å². The van der Waals surface area contributed by atoms with Crippen LogP contribution >= 0.6 is 0 Å². The summed E-state index contributed by atoms with van der Waals surface area (Å²) in [5.74, 6) is 1.80. The second-order valence-corrected chi connectivity index (χ2v) is 5.31. The number of likely N-dealkylation sites (tertiary alicyclic amines) is 1. The quantitative estimate of drug-likeness (QED) is 0.849. The van der Waals surface area contributed by atoms with Gasteiger partial charge in [-0.05, 0) is 45.4 Å². The molecule has 1 saturated heterocycles. The van der Waals surface area contributed by atoms with Gasteiger partial charge in [0, 0.05) is 6.04 Å². The maximum absolute atomic E-state index is 5.45. The van der Waals surface area contributed by atoms with Crippen LogP contribution in [-0.4, -0.2) is 39.2 Å². The lowest BCUT2D eigenvalue weighted by molar-refractivity contribution is 0.196. The monoisotopic (exact) mass is 260 g/mol. The standard InChI is InChI=1S/C14H20N4O/c1-10(2)17-9-5-6-11(17)14-16-15-12-7-4-8-13(19-3)18(12)14/h4,7-8,10-11H,5-6,9H2,1-3H3. The molecule has 2 aromatic rings. The summed E-state index contributed by atoms with van der Waals surface area (Å²) in [5, 5.41) is 8.68. The van der Waals surface area contributed by atoms with Crippen molar-refractivity contribution in [1.29, 1.82) is 0 Å². The summed E-state index contributed by atoms with van der Waals surface area (Å²) in [6, 6.07) is 6.73. The molecule has 0 aliphatic carbocycles. The summed E-state index contributed by atoms with van der Waals surface area (Å²) >= 11 is 0. The van der Waals surface area contributed by atoms with Gasteiger partial charge in [-0.2, -0.15) is 0 Å². The van der Waals surface area contributed by atoms with Crippen molar-refractivity contribution in [3.63, 3.8) is 0 Å². The summed E-state index contributed by atoms with van der Waals surface area (Å²) < 4.78 is 7.48. The Morgan fingerprint density at radius 1 is 1.32 bits per heavy atom. The average molecular weight is 260 g/mol. The van der Waals surface area contributed by atoms with Crippen molar-refractivity contribution in [1.82, 2.24) is 19.5 Å². The van der Waals surface area contributed by atoms with E-state index in [0.29, 0.717) is 12.1 Å². The van der Waals surface area contributed by atoms with E-state index in [1.165, 1.54) is 6.42 Å². The van der Waals surface area contributed by atoms with Crippen molar-refractivity contribution in [2.45, 2.75) is 38.8 Å². The highest BCUT2D eigenvalue weighted by Gasteiger charge is 2.31. The number of ether oxygens (including phenoxy) is 1. The van der Waals surface area contributed by atoms with Gasteiger partial charge in [-0.15, -0.1) is 10.2 Å². The van der Waals surface area contributed by atoms with Crippen molar-refractivity contribution in [3.05, 3.63) is 24.0 Å². The first kappa shape index (κ1) is 12.4. The minimum Gasteiger partial charge on any atom is -0.482 e. The molecule has 0 spiro atoms. The first-order valence-corrected chi connectivity index (χ1v) is 6.86. The SMILES string of the molecule is COc1cccc2nnc(C3CCCN3C(C)C)n12. The zero-order valence-electron chi connectivity index (χ0n) is 11.7. The third-order valence-electron chi connectivity index (χ3n) is 3.88. The van der Waals surface area contributed by atoms with Gasteiger partial charge < -0.3 is 4.74 Å². The molecule has 1 aliphatic rings. The van der Waals surface area contributed by atoms with Crippen molar-refractivity contribution in [2.24, 2.45) is 0 Å². The zero-order valence-corrected chi connectivity index (χ0v) is 11.7. The maximum atomic E-state index is 5.45. The Kier molecular flexibility index (Phi) is 3.14. The number of pyridine rings is 1. The first-order valence-electron chi connectivity index (χ1n) is 6.86. The van der Waals surface area contributed by atoms with E-state index in [9.17, 15) is 0 Å². The number of rotatable bonds is 3. The fraction of sp³-hybridized carbons (Fsp3) is 0.571. The molecule has 2 aromatic heterocycles. The van der Waals surface area contributed by atoms with E-state index in [2.05, 4.69) is 28.9 Å². The summed E-state index contributed by atoms with van der Waals surface area (Å²) in [7, 11) is 1.69. The molecule has 3 rings (SSSR count).